The Hall–Kier alpha value is -1.36. The number of nitrogens with zero attached hydrogens (tertiary/aromatic N) is 1. The lowest BCUT2D eigenvalue weighted by atomic mass is 10.1. The number of carbonyl (C=O) groups is 1. The Labute approximate surface area is 89.6 Å². The van der Waals surface area contributed by atoms with Gasteiger partial charge in [-0.25, -0.2) is 0 Å². The molecule has 1 aromatic rings. The zero-order valence-electron chi connectivity index (χ0n) is 9.21. The summed E-state index contributed by atoms with van der Waals surface area (Å²) in [6.45, 7) is 6.04. The van der Waals surface area contributed by atoms with Gasteiger partial charge < -0.3 is 10.6 Å². The van der Waals surface area contributed by atoms with Crippen LogP contribution in [0.3, 0.4) is 0 Å². The minimum Gasteiger partial charge on any atom is -0.350 e. The van der Waals surface area contributed by atoms with E-state index in [2.05, 4.69) is 20.8 Å². The van der Waals surface area contributed by atoms with Gasteiger partial charge >= 0.3 is 0 Å². The predicted octanol–water partition coefficient (Wildman–Crippen LogP) is 0.271. The molecule has 5 heteroatoms. The van der Waals surface area contributed by atoms with Crippen molar-refractivity contribution < 1.29 is 4.79 Å². The molecule has 0 saturated carbocycles. The number of nitrogens with one attached hydrogen (secondary N) is 3. The van der Waals surface area contributed by atoms with Crippen LogP contribution in [-0.4, -0.2) is 29.2 Å². The van der Waals surface area contributed by atoms with Gasteiger partial charge in [-0.1, -0.05) is 13.8 Å². The summed E-state index contributed by atoms with van der Waals surface area (Å²) in [5.41, 5.74) is 0.916. The number of aromatic nitrogens is 2. The van der Waals surface area contributed by atoms with Crippen molar-refractivity contribution in [1.29, 1.82) is 0 Å². The third-order valence-electron chi connectivity index (χ3n) is 2.16. The van der Waals surface area contributed by atoms with E-state index in [9.17, 15) is 4.79 Å². The summed E-state index contributed by atoms with van der Waals surface area (Å²) in [4.78, 5) is 11.6. The highest BCUT2D eigenvalue weighted by atomic mass is 16.1. The number of hydrogen-bond donors (Lipinski definition) is 3. The number of hydrogen-bond acceptors (Lipinski definition) is 3. The van der Waals surface area contributed by atoms with Crippen molar-refractivity contribution in [3.63, 3.8) is 0 Å². The van der Waals surface area contributed by atoms with E-state index in [4.69, 9.17) is 0 Å². The minimum absolute atomic E-state index is 0.00660. The smallest absolute Gasteiger partial charge is 0.224 e. The minimum atomic E-state index is -0.00660. The maximum atomic E-state index is 11.6. The van der Waals surface area contributed by atoms with Crippen molar-refractivity contribution in [1.82, 2.24) is 20.8 Å². The second-order valence-corrected chi connectivity index (χ2v) is 3.51. The first-order valence-corrected chi connectivity index (χ1v) is 5.20. The number of H-pyrrole nitrogens is 1. The number of rotatable bonds is 6. The fourth-order valence-electron chi connectivity index (χ4n) is 1.19. The molecule has 0 aliphatic rings. The topological polar surface area (TPSA) is 69.8 Å². The molecule has 0 aromatic carbocycles. The van der Waals surface area contributed by atoms with Crippen LogP contribution < -0.4 is 10.6 Å². The Kier molecular flexibility index (Phi) is 4.83. The summed E-state index contributed by atoms with van der Waals surface area (Å²) in [6, 6.07) is 1.84. The molecule has 0 radical (unpaired) electrons. The molecule has 15 heavy (non-hydrogen) atoms. The largest absolute Gasteiger partial charge is 0.350 e. The first kappa shape index (κ1) is 11.7. The molecular formula is C10H18N4O. The van der Waals surface area contributed by atoms with Gasteiger partial charge in [-0.2, -0.15) is 5.10 Å². The first-order valence-electron chi connectivity index (χ1n) is 5.20. The molecule has 0 fully saturated rings. The van der Waals surface area contributed by atoms with Crippen LogP contribution >= 0.6 is 0 Å². The number of carbonyl (C=O) groups excluding carboxylic acids is 1. The Bertz CT molecular complexity index is 284. The van der Waals surface area contributed by atoms with Crippen LogP contribution in [0.1, 0.15) is 19.5 Å². The van der Waals surface area contributed by atoms with Crippen molar-refractivity contribution in [2.45, 2.75) is 20.4 Å². The molecule has 84 valence electrons. The van der Waals surface area contributed by atoms with Gasteiger partial charge in [0.05, 0.1) is 12.2 Å². The van der Waals surface area contributed by atoms with Crippen molar-refractivity contribution in [2.75, 3.05) is 13.1 Å². The van der Waals surface area contributed by atoms with E-state index in [1.165, 1.54) is 0 Å². The van der Waals surface area contributed by atoms with E-state index >= 15 is 0 Å². The fourth-order valence-corrected chi connectivity index (χ4v) is 1.19. The Morgan fingerprint density at radius 1 is 1.67 bits per heavy atom. The van der Waals surface area contributed by atoms with Crippen molar-refractivity contribution in [3.05, 3.63) is 18.0 Å². The highest BCUT2D eigenvalue weighted by Crippen LogP contribution is 1.95. The molecule has 5 nitrogen and oxygen atoms in total. The maximum Gasteiger partial charge on any atom is 0.224 e. The zero-order valence-corrected chi connectivity index (χ0v) is 9.21. The van der Waals surface area contributed by atoms with Crippen LogP contribution in [0, 0.1) is 5.92 Å². The van der Waals surface area contributed by atoms with Gasteiger partial charge in [0, 0.05) is 18.7 Å². The molecule has 1 amide bonds. The van der Waals surface area contributed by atoms with Crippen LogP contribution in [-0.2, 0) is 11.3 Å². The summed E-state index contributed by atoms with van der Waals surface area (Å²) in [6.07, 6.45) is 1.67. The van der Waals surface area contributed by atoms with Crippen molar-refractivity contribution in [2.24, 2.45) is 5.92 Å². The summed E-state index contributed by atoms with van der Waals surface area (Å²) in [5, 5.41) is 12.6. The lowest BCUT2D eigenvalue weighted by Crippen LogP contribution is -2.35. The second kappa shape index (κ2) is 6.19. The van der Waals surface area contributed by atoms with E-state index in [0.717, 1.165) is 12.2 Å². The van der Waals surface area contributed by atoms with Crippen molar-refractivity contribution in [3.8, 4) is 0 Å². The van der Waals surface area contributed by atoms with E-state index in [0.29, 0.717) is 13.1 Å². The van der Waals surface area contributed by atoms with Crippen LogP contribution in [0.4, 0.5) is 0 Å². The Balaban J connectivity index is 2.23. The van der Waals surface area contributed by atoms with Crippen molar-refractivity contribution >= 4 is 5.91 Å². The van der Waals surface area contributed by atoms with Gasteiger partial charge in [-0.3, -0.25) is 9.89 Å². The summed E-state index contributed by atoms with van der Waals surface area (Å²) >= 11 is 0. The van der Waals surface area contributed by atoms with Gasteiger partial charge in [-0.15, -0.1) is 0 Å². The van der Waals surface area contributed by atoms with Crippen LogP contribution in [0.15, 0.2) is 12.3 Å². The van der Waals surface area contributed by atoms with Gasteiger partial charge in [0.2, 0.25) is 5.91 Å². The van der Waals surface area contributed by atoms with Crippen LogP contribution in [0.2, 0.25) is 0 Å². The average molecular weight is 210 g/mol. The number of aromatic amines is 1. The van der Waals surface area contributed by atoms with Gasteiger partial charge in [-0.05, 0) is 12.6 Å². The lowest BCUT2D eigenvalue weighted by Gasteiger charge is -2.11. The average Bonchev–Trinajstić information content (AvgIpc) is 2.75. The molecule has 1 unspecified atom stereocenters. The van der Waals surface area contributed by atoms with Crippen LogP contribution in [0.5, 0.6) is 0 Å². The number of amides is 1. The second-order valence-electron chi connectivity index (χ2n) is 3.51. The van der Waals surface area contributed by atoms with E-state index in [1.807, 2.05) is 19.9 Å². The molecule has 1 atom stereocenters. The highest BCUT2D eigenvalue weighted by molar-refractivity contribution is 5.78. The third-order valence-corrected chi connectivity index (χ3v) is 2.16. The summed E-state index contributed by atoms with van der Waals surface area (Å²) in [5.74, 6) is 0.0541. The molecule has 0 spiro atoms. The summed E-state index contributed by atoms with van der Waals surface area (Å²) < 4.78 is 0. The maximum absolute atomic E-state index is 11.6. The Morgan fingerprint density at radius 3 is 3.07 bits per heavy atom. The first-order chi connectivity index (χ1) is 7.24. The molecule has 0 bridgehead atoms. The molecule has 1 heterocycles. The normalized spacial score (nSPS) is 12.4. The molecule has 0 aliphatic heterocycles. The molecule has 0 aliphatic carbocycles. The molecule has 1 aromatic heterocycles. The predicted molar refractivity (Wildman–Crippen MR) is 58.1 cm³/mol. The third kappa shape index (κ3) is 4.12. The molecule has 1 rings (SSSR count). The highest BCUT2D eigenvalue weighted by Gasteiger charge is 2.11. The lowest BCUT2D eigenvalue weighted by molar-refractivity contribution is -0.124. The molecule has 3 N–H and O–H groups in total. The van der Waals surface area contributed by atoms with E-state index in [1.54, 1.807) is 6.20 Å². The summed E-state index contributed by atoms with van der Waals surface area (Å²) in [7, 11) is 0. The van der Waals surface area contributed by atoms with Crippen LogP contribution in [0.25, 0.3) is 0 Å². The van der Waals surface area contributed by atoms with Gasteiger partial charge in [0.25, 0.3) is 0 Å². The molecular weight excluding hydrogens is 192 g/mol. The SMILES string of the molecule is CCNCC(C)C(=O)NCc1ccn[nH]1. The standard InChI is InChI=1S/C10H18N4O/c1-3-11-6-8(2)10(15)12-7-9-4-5-13-14-9/h4-5,8,11H,3,6-7H2,1-2H3,(H,12,15)(H,13,14). The fraction of sp³-hybridized carbons (Fsp3) is 0.600. The zero-order chi connectivity index (χ0) is 11.1. The molecule has 0 saturated heterocycles. The van der Waals surface area contributed by atoms with Gasteiger partial charge in [0.15, 0.2) is 0 Å². The van der Waals surface area contributed by atoms with Gasteiger partial charge in [0.1, 0.15) is 0 Å². The monoisotopic (exact) mass is 210 g/mol. The van der Waals surface area contributed by atoms with E-state index in [-0.39, 0.29) is 11.8 Å². The Morgan fingerprint density at radius 2 is 2.47 bits per heavy atom. The van der Waals surface area contributed by atoms with E-state index < -0.39 is 0 Å². The quantitative estimate of drug-likeness (QED) is 0.631.